The van der Waals surface area contributed by atoms with Gasteiger partial charge in [0.15, 0.2) is 16.6 Å². The third kappa shape index (κ3) is 6.36. The molecule has 0 unspecified atom stereocenters. The van der Waals surface area contributed by atoms with Crippen LogP contribution in [0.3, 0.4) is 0 Å². The van der Waals surface area contributed by atoms with Crippen LogP contribution < -0.4 is 20.1 Å². The van der Waals surface area contributed by atoms with E-state index in [0.717, 1.165) is 27.0 Å². The zero-order chi connectivity index (χ0) is 24.1. The Balaban J connectivity index is 0.00000342. The first-order chi connectivity index (χ1) is 16.4. The maximum atomic E-state index is 13.3. The molecule has 0 aliphatic rings. The van der Waals surface area contributed by atoms with Crippen molar-refractivity contribution >= 4 is 39.1 Å². The molecular weight excluding hydrogens is 499 g/mol. The van der Waals surface area contributed by atoms with Crippen molar-refractivity contribution in [3.05, 3.63) is 83.4 Å². The van der Waals surface area contributed by atoms with Crippen LogP contribution in [0, 0.1) is 0 Å². The Kier molecular flexibility index (Phi) is 8.82. The lowest BCUT2D eigenvalue weighted by atomic mass is 10.1. The first-order valence-electron chi connectivity index (χ1n) is 10.6. The molecular formula is C25H25ClF3N3O2S. The van der Waals surface area contributed by atoms with Gasteiger partial charge in [-0.2, -0.15) is 13.2 Å². The highest BCUT2D eigenvalue weighted by atomic mass is 35.5. The number of ether oxygens (including phenoxy) is 2. The lowest BCUT2D eigenvalue weighted by Gasteiger charge is -2.22. The Labute approximate surface area is 211 Å². The van der Waals surface area contributed by atoms with Crippen molar-refractivity contribution in [2.45, 2.75) is 19.3 Å². The summed E-state index contributed by atoms with van der Waals surface area (Å²) in [7, 11) is 1.50. The van der Waals surface area contributed by atoms with E-state index in [1.807, 2.05) is 36.4 Å². The largest absolute Gasteiger partial charge is 0.493 e. The number of para-hydroxylation sites is 1. The number of anilines is 1. The van der Waals surface area contributed by atoms with Crippen molar-refractivity contribution in [1.29, 1.82) is 0 Å². The van der Waals surface area contributed by atoms with E-state index in [9.17, 15) is 13.2 Å². The average molecular weight is 524 g/mol. The van der Waals surface area contributed by atoms with Gasteiger partial charge in [0.25, 0.3) is 0 Å². The van der Waals surface area contributed by atoms with Gasteiger partial charge in [0, 0.05) is 25.2 Å². The molecule has 0 saturated heterocycles. The van der Waals surface area contributed by atoms with E-state index in [4.69, 9.17) is 20.2 Å². The van der Waals surface area contributed by atoms with Gasteiger partial charge >= 0.3 is 6.18 Å². The van der Waals surface area contributed by atoms with E-state index in [-0.39, 0.29) is 24.6 Å². The second-order valence-corrected chi connectivity index (χ2v) is 8.61. The monoisotopic (exact) mass is 523 g/mol. The highest BCUT2D eigenvalue weighted by Gasteiger charge is 2.33. The summed E-state index contributed by atoms with van der Waals surface area (Å²) in [5.41, 5.74) is 7.07. The quantitative estimate of drug-likeness (QED) is 0.279. The van der Waals surface area contributed by atoms with Crippen molar-refractivity contribution in [2.75, 3.05) is 25.1 Å². The van der Waals surface area contributed by atoms with Gasteiger partial charge in [-0.25, -0.2) is 4.98 Å². The predicted molar refractivity (Wildman–Crippen MR) is 136 cm³/mol. The number of methoxy groups -OCH3 is 1. The molecule has 1 aromatic heterocycles. The van der Waals surface area contributed by atoms with Crippen LogP contribution >= 0.6 is 23.7 Å². The Hall–Kier alpha value is -3.01. The summed E-state index contributed by atoms with van der Waals surface area (Å²) in [6, 6.07) is 18.7. The summed E-state index contributed by atoms with van der Waals surface area (Å²) in [4.78, 5) is 6.82. The molecule has 1 heterocycles. The number of hydrogen-bond donors (Lipinski definition) is 1. The fraction of sp³-hybridized carbons (Fsp3) is 0.240. The van der Waals surface area contributed by atoms with E-state index in [2.05, 4.69) is 4.90 Å². The number of thiazole rings is 1. The zero-order valence-corrected chi connectivity index (χ0v) is 20.6. The Morgan fingerprint density at radius 2 is 1.74 bits per heavy atom. The molecule has 5 nitrogen and oxygen atoms in total. The summed E-state index contributed by atoms with van der Waals surface area (Å²) in [6.45, 7) is 1.41. The summed E-state index contributed by atoms with van der Waals surface area (Å²) in [5, 5.41) is 0.870. The highest BCUT2D eigenvalue weighted by Crippen LogP contribution is 2.35. The first kappa shape index (κ1) is 26.6. The molecule has 0 amide bonds. The molecule has 4 aromatic rings. The van der Waals surface area contributed by atoms with Gasteiger partial charge in [0.05, 0.1) is 22.9 Å². The van der Waals surface area contributed by atoms with Gasteiger partial charge < -0.3 is 20.1 Å². The number of fused-ring (bicyclic) bond motifs is 1. The molecule has 2 N–H and O–H groups in total. The van der Waals surface area contributed by atoms with Crippen molar-refractivity contribution < 1.29 is 22.6 Å². The number of hydrogen-bond acceptors (Lipinski definition) is 6. The smallest absolute Gasteiger partial charge is 0.416 e. The number of rotatable bonds is 9. The number of nitrogens with two attached hydrogens (primary N) is 1. The lowest BCUT2D eigenvalue weighted by molar-refractivity contribution is -0.138. The normalized spacial score (nSPS) is 11.2. The molecule has 186 valence electrons. The molecule has 3 aromatic carbocycles. The van der Waals surface area contributed by atoms with Gasteiger partial charge in [-0.15, -0.1) is 12.4 Å². The Morgan fingerprint density at radius 1 is 1.00 bits per heavy atom. The Morgan fingerprint density at radius 3 is 2.46 bits per heavy atom. The average Bonchev–Trinajstić information content (AvgIpc) is 3.27. The first-order valence-corrected chi connectivity index (χ1v) is 11.5. The van der Waals surface area contributed by atoms with Crippen LogP contribution in [0.5, 0.6) is 11.5 Å². The number of aromatic nitrogens is 1. The van der Waals surface area contributed by atoms with Gasteiger partial charge in [0.2, 0.25) is 0 Å². The maximum absolute atomic E-state index is 13.3. The van der Waals surface area contributed by atoms with Gasteiger partial charge in [0.1, 0.15) is 6.61 Å². The van der Waals surface area contributed by atoms with Crippen LogP contribution in [0.4, 0.5) is 18.3 Å². The molecule has 10 heteroatoms. The molecule has 0 aliphatic carbocycles. The predicted octanol–water partition coefficient (Wildman–Crippen LogP) is 6.29. The number of nitrogens with zero attached hydrogens (tertiary/aromatic N) is 2. The molecule has 0 fully saturated rings. The molecule has 0 bridgehead atoms. The fourth-order valence-electron chi connectivity index (χ4n) is 3.62. The topological polar surface area (TPSA) is 60.6 Å². The minimum Gasteiger partial charge on any atom is -0.493 e. The van der Waals surface area contributed by atoms with E-state index in [1.165, 1.54) is 19.2 Å². The molecule has 4 rings (SSSR count). The van der Waals surface area contributed by atoms with Crippen molar-refractivity contribution in [1.82, 2.24) is 4.98 Å². The number of alkyl halides is 3. The molecule has 0 saturated carbocycles. The van der Waals surface area contributed by atoms with Crippen molar-refractivity contribution in [3.63, 3.8) is 0 Å². The van der Waals surface area contributed by atoms with Gasteiger partial charge in [-0.05, 0) is 35.9 Å². The molecule has 0 aliphatic heterocycles. The molecule has 0 spiro atoms. The van der Waals surface area contributed by atoms with Crippen LogP contribution in [0.15, 0.2) is 66.7 Å². The molecule has 0 atom stereocenters. The molecule has 35 heavy (non-hydrogen) atoms. The number of benzene rings is 3. The van der Waals surface area contributed by atoms with Crippen LogP contribution in [0.1, 0.15) is 16.7 Å². The van der Waals surface area contributed by atoms with Crippen LogP contribution in [-0.2, 0) is 19.3 Å². The van der Waals surface area contributed by atoms with Gasteiger partial charge in [-0.1, -0.05) is 47.7 Å². The second kappa shape index (κ2) is 11.6. The third-order valence-corrected chi connectivity index (χ3v) is 6.36. The molecule has 0 radical (unpaired) electrons. The highest BCUT2D eigenvalue weighted by molar-refractivity contribution is 7.22. The summed E-state index contributed by atoms with van der Waals surface area (Å²) >= 11 is 1.60. The Bertz CT molecular complexity index is 1230. The lowest BCUT2D eigenvalue weighted by Crippen LogP contribution is -2.28. The van der Waals surface area contributed by atoms with E-state index in [0.29, 0.717) is 31.1 Å². The minimum absolute atomic E-state index is 0. The standard InChI is InChI=1S/C25H24F3N3O2S.ClH/c1-32-22-14-17(15-31(13-12-29)24-30-20-8-4-5-9-23(20)34-24)10-11-21(22)33-16-18-6-2-3-7-19(18)25(26,27)28;/h2-11,14H,12-13,15-16,29H2,1H3;1H. The van der Waals surface area contributed by atoms with E-state index in [1.54, 1.807) is 23.5 Å². The van der Waals surface area contributed by atoms with Crippen molar-refractivity contribution in [3.8, 4) is 11.5 Å². The van der Waals surface area contributed by atoms with Crippen LogP contribution in [-0.4, -0.2) is 25.2 Å². The van der Waals surface area contributed by atoms with Gasteiger partial charge in [-0.3, -0.25) is 0 Å². The maximum Gasteiger partial charge on any atom is 0.416 e. The zero-order valence-electron chi connectivity index (χ0n) is 18.9. The summed E-state index contributed by atoms with van der Waals surface area (Å²) < 4.78 is 52.1. The number of halogens is 4. The van der Waals surface area contributed by atoms with Crippen LogP contribution in [0.2, 0.25) is 0 Å². The third-order valence-electron chi connectivity index (χ3n) is 5.26. The van der Waals surface area contributed by atoms with E-state index < -0.39 is 11.7 Å². The fourth-order valence-corrected chi connectivity index (χ4v) is 4.61. The summed E-state index contributed by atoms with van der Waals surface area (Å²) in [5.74, 6) is 0.813. The minimum atomic E-state index is -4.44. The SMILES string of the molecule is COc1cc(CN(CCN)c2nc3ccccc3s2)ccc1OCc1ccccc1C(F)(F)F.Cl. The van der Waals surface area contributed by atoms with Crippen LogP contribution in [0.25, 0.3) is 10.2 Å². The van der Waals surface area contributed by atoms with Crippen molar-refractivity contribution in [2.24, 2.45) is 5.73 Å². The summed E-state index contributed by atoms with van der Waals surface area (Å²) in [6.07, 6.45) is -4.44. The van der Waals surface area contributed by atoms with E-state index >= 15 is 0 Å². The second-order valence-electron chi connectivity index (χ2n) is 7.60.